The lowest BCUT2D eigenvalue weighted by atomic mass is 10.1. The summed E-state index contributed by atoms with van der Waals surface area (Å²) in [5.41, 5.74) is 1.87. The van der Waals surface area contributed by atoms with E-state index in [1.807, 2.05) is 38.1 Å². The van der Waals surface area contributed by atoms with Crippen LogP contribution >= 0.6 is 0 Å². The van der Waals surface area contributed by atoms with Crippen molar-refractivity contribution in [2.24, 2.45) is 0 Å². The number of para-hydroxylation sites is 1. The van der Waals surface area contributed by atoms with Crippen molar-refractivity contribution in [1.29, 1.82) is 0 Å². The number of hydrogen-bond donors (Lipinski definition) is 1. The predicted molar refractivity (Wildman–Crippen MR) is 101 cm³/mol. The fourth-order valence-corrected chi connectivity index (χ4v) is 4.12. The van der Waals surface area contributed by atoms with Crippen molar-refractivity contribution in [3.8, 4) is 0 Å². The molecule has 1 amide bonds. The lowest BCUT2D eigenvalue weighted by Gasteiger charge is -2.14. The Bertz CT molecular complexity index is 1070. The maximum Gasteiger partial charge on any atom is 0.253 e. The highest BCUT2D eigenvalue weighted by molar-refractivity contribution is 7.91. The monoisotopic (exact) mass is 371 g/mol. The molecule has 0 aliphatic rings. The molecule has 0 aliphatic heterocycles. The van der Waals surface area contributed by atoms with Gasteiger partial charge in [0.1, 0.15) is 11.3 Å². The number of sulfone groups is 1. The van der Waals surface area contributed by atoms with Gasteiger partial charge in [0, 0.05) is 10.9 Å². The van der Waals surface area contributed by atoms with Crippen molar-refractivity contribution in [3.63, 3.8) is 0 Å². The predicted octanol–water partition coefficient (Wildman–Crippen LogP) is 4.03. The molecule has 0 saturated heterocycles. The highest BCUT2D eigenvalue weighted by Crippen LogP contribution is 2.29. The standard InChI is InChI=1S/C20H21NO4S/c1-4-26(23,24)18-12-8-6-10-16(18)20(22)21-14(3)19-13(2)15-9-5-7-11-17(15)25-19/h5-12,14H,4H2,1-3H3,(H,21,22)/t14-/m1/s1. The molecule has 1 aromatic heterocycles. The Morgan fingerprint density at radius 2 is 1.77 bits per heavy atom. The van der Waals surface area contributed by atoms with Crippen LogP contribution in [0.15, 0.2) is 57.8 Å². The van der Waals surface area contributed by atoms with Gasteiger partial charge in [-0.2, -0.15) is 0 Å². The number of furan rings is 1. The SMILES string of the molecule is CCS(=O)(=O)c1ccccc1C(=O)N[C@H](C)c1oc2ccccc2c1C. The first-order valence-corrected chi connectivity index (χ1v) is 10.1. The topological polar surface area (TPSA) is 76.4 Å². The average molecular weight is 371 g/mol. The van der Waals surface area contributed by atoms with E-state index < -0.39 is 21.8 Å². The Morgan fingerprint density at radius 3 is 2.46 bits per heavy atom. The third-order valence-electron chi connectivity index (χ3n) is 4.47. The summed E-state index contributed by atoms with van der Waals surface area (Å²) in [5, 5.41) is 3.85. The molecule has 2 aromatic carbocycles. The molecule has 26 heavy (non-hydrogen) atoms. The van der Waals surface area contributed by atoms with Gasteiger partial charge in [-0.1, -0.05) is 37.3 Å². The van der Waals surface area contributed by atoms with Gasteiger partial charge in [0.2, 0.25) is 0 Å². The fourth-order valence-electron chi connectivity index (χ4n) is 3.03. The number of fused-ring (bicyclic) bond motifs is 1. The maximum atomic E-state index is 12.7. The number of nitrogens with one attached hydrogen (secondary N) is 1. The lowest BCUT2D eigenvalue weighted by Crippen LogP contribution is -2.28. The van der Waals surface area contributed by atoms with Crippen molar-refractivity contribution >= 4 is 26.7 Å². The Labute approximate surface area is 152 Å². The summed E-state index contributed by atoms with van der Waals surface area (Å²) in [6.07, 6.45) is 0. The van der Waals surface area contributed by atoms with Crippen LogP contribution in [-0.4, -0.2) is 20.1 Å². The van der Waals surface area contributed by atoms with Crippen molar-refractivity contribution in [1.82, 2.24) is 5.32 Å². The third kappa shape index (κ3) is 3.24. The van der Waals surface area contributed by atoms with Crippen LogP contribution in [0.2, 0.25) is 0 Å². The number of carbonyl (C=O) groups is 1. The minimum Gasteiger partial charge on any atom is -0.459 e. The summed E-state index contributed by atoms with van der Waals surface area (Å²) in [4.78, 5) is 12.8. The van der Waals surface area contributed by atoms with Gasteiger partial charge in [-0.05, 0) is 32.0 Å². The van der Waals surface area contributed by atoms with Crippen LogP contribution < -0.4 is 5.32 Å². The van der Waals surface area contributed by atoms with E-state index in [1.54, 1.807) is 19.1 Å². The number of hydrogen-bond acceptors (Lipinski definition) is 4. The minimum atomic E-state index is -3.49. The van der Waals surface area contributed by atoms with Gasteiger partial charge in [-0.15, -0.1) is 0 Å². The van der Waals surface area contributed by atoms with Crippen LogP contribution in [0.4, 0.5) is 0 Å². The first-order chi connectivity index (χ1) is 12.3. The summed E-state index contributed by atoms with van der Waals surface area (Å²) in [6, 6.07) is 13.5. The Hall–Kier alpha value is -2.60. The zero-order valence-corrected chi connectivity index (χ0v) is 15.8. The molecule has 0 spiro atoms. The third-order valence-corrected chi connectivity index (χ3v) is 6.25. The molecule has 1 heterocycles. The van der Waals surface area contributed by atoms with E-state index in [0.717, 1.165) is 16.5 Å². The van der Waals surface area contributed by atoms with E-state index in [0.29, 0.717) is 5.76 Å². The van der Waals surface area contributed by atoms with Crippen molar-refractivity contribution in [2.75, 3.05) is 5.75 Å². The van der Waals surface area contributed by atoms with Gasteiger partial charge >= 0.3 is 0 Å². The van der Waals surface area contributed by atoms with Crippen LogP contribution in [-0.2, 0) is 9.84 Å². The summed E-state index contributed by atoms with van der Waals surface area (Å²) >= 11 is 0. The number of amides is 1. The first-order valence-electron chi connectivity index (χ1n) is 8.46. The quantitative estimate of drug-likeness (QED) is 0.735. The molecular weight excluding hydrogens is 350 g/mol. The fraction of sp³-hybridized carbons (Fsp3) is 0.250. The number of rotatable bonds is 5. The second kappa shape index (κ2) is 6.96. The van der Waals surface area contributed by atoms with E-state index in [2.05, 4.69) is 5.32 Å². The summed E-state index contributed by atoms with van der Waals surface area (Å²) in [6.45, 7) is 5.32. The molecule has 0 unspecified atom stereocenters. The Kier molecular flexibility index (Phi) is 4.87. The molecule has 0 aliphatic carbocycles. The maximum absolute atomic E-state index is 12.7. The molecule has 3 rings (SSSR count). The zero-order valence-electron chi connectivity index (χ0n) is 14.9. The molecule has 0 radical (unpaired) electrons. The molecule has 5 nitrogen and oxygen atoms in total. The normalized spacial score (nSPS) is 12.9. The first kappa shape index (κ1) is 18.2. The lowest BCUT2D eigenvalue weighted by molar-refractivity contribution is 0.0932. The van der Waals surface area contributed by atoms with Crippen LogP contribution in [0.25, 0.3) is 11.0 Å². The van der Waals surface area contributed by atoms with E-state index in [-0.39, 0.29) is 16.2 Å². The summed E-state index contributed by atoms with van der Waals surface area (Å²) < 4.78 is 30.4. The molecule has 0 saturated carbocycles. The summed E-state index contributed by atoms with van der Waals surface area (Å²) in [7, 11) is -3.49. The van der Waals surface area contributed by atoms with Gasteiger partial charge < -0.3 is 9.73 Å². The Balaban J connectivity index is 1.92. The van der Waals surface area contributed by atoms with Gasteiger partial charge in [-0.25, -0.2) is 8.42 Å². The van der Waals surface area contributed by atoms with E-state index in [1.165, 1.54) is 12.1 Å². The molecular formula is C20H21NO4S. The van der Waals surface area contributed by atoms with Crippen LogP contribution in [0, 0.1) is 6.92 Å². The molecule has 136 valence electrons. The second-order valence-corrected chi connectivity index (χ2v) is 8.43. The van der Waals surface area contributed by atoms with Crippen LogP contribution in [0.1, 0.15) is 41.6 Å². The van der Waals surface area contributed by atoms with E-state index >= 15 is 0 Å². The highest BCUT2D eigenvalue weighted by Gasteiger charge is 2.23. The van der Waals surface area contributed by atoms with E-state index in [4.69, 9.17) is 4.42 Å². The van der Waals surface area contributed by atoms with Crippen molar-refractivity contribution in [3.05, 3.63) is 65.4 Å². The number of carbonyl (C=O) groups excluding carboxylic acids is 1. The smallest absolute Gasteiger partial charge is 0.253 e. The van der Waals surface area contributed by atoms with Gasteiger partial charge in [0.25, 0.3) is 5.91 Å². The molecule has 0 bridgehead atoms. The second-order valence-electron chi connectivity index (χ2n) is 6.18. The molecule has 6 heteroatoms. The Morgan fingerprint density at radius 1 is 1.12 bits per heavy atom. The van der Waals surface area contributed by atoms with E-state index in [9.17, 15) is 13.2 Å². The highest BCUT2D eigenvalue weighted by atomic mass is 32.2. The minimum absolute atomic E-state index is 0.0496. The molecule has 1 atom stereocenters. The van der Waals surface area contributed by atoms with Gasteiger partial charge in [0.15, 0.2) is 9.84 Å². The van der Waals surface area contributed by atoms with Gasteiger partial charge in [-0.3, -0.25) is 4.79 Å². The van der Waals surface area contributed by atoms with Crippen molar-refractivity contribution < 1.29 is 17.6 Å². The summed E-state index contributed by atoms with van der Waals surface area (Å²) in [5.74, 6) is 0.163. The zero-order chi connectivity index (χ0) is 18.9. The van der Waals surface area contributed by atoms with Crippen LogP contribution in [0.3, 0.4) is 0 Å². The van der Waals surface area contributed by atoms with Crippen molar-refractivity contribution in [2.45, 2.75) is 31.7 Å². The number of aryl methyl sites for hydroxylation is 1. The molecule has 1 N–H and O–H groups in total. The van der Waals surface area contributed by atoms with Gasteiger partial charge in [0.05, 0.1) is 22.3 Å². The average Bonchev–Trinajstić information content (AvgIpc) is 2.99. The number of benzene rings is 2. The molecule has 3 aromatic rings. The molecule has 0 fully saturated rings. The van der Waals surface area contributed by atoms with Crippen LogP contribution in [0.5, 0.6) is 0 Å². The largest absolute Gasteiger partial charge is 0.459 e.